The minimum absolute atomic E-state index is 0.00444. The number of phenols is 7. The molecule has 128 heavy (non-hydrogen) atoms. The van der Waals surface area contributed by atoms with Gasteiger partial charge >= 0.3 is 0 Å². The van der Waals surface area contributed by atoms with Crippen LogP contribution in [0.2, 0.25) is 0 Å². The zero-order valence-corrected chi connectivity index (χ0v) is 71.9. The quantitative estimate of drug-likeness (QED) is 0.0478. The lowest BCUT2D eigenvalue weighted by Gasteiger charge is -2.11. The van der Waals surface area contributed by atoms with E-state index >= 15 is 0 Å². The Morgan fingerprint density at radius 2 is 0.414 bits per heavy atom. The molecule has 0 fully saturated rings. The van der Waals surface area contributed by atoms with Gasteiger partial charge in [-0.05, 0) is 137 Å². The lowest BCUT2D eigenvalue weighted by atomic mass is 10.1. The van der Waals surface area contributed by atoms with Crippen molar-refractivity contribution in [2.24, 2.45) is 0 Å². The predicted molar refractivity (Wildman–Crippen MR) is 458 cm³/mol. The molecule has 0 heterocycles. The fraction of sp³-hybridized carbons (Fsp3) is 0. The Kier molecular flexibility index (Phi) is 28.3. The summed E-state index contributed by atoms with van der Waals surface area (Å²) in [5.74, 6) is -2.50. The standard InChI is InChI=1S/4C10H9NO7S2.3C10H9NO4S/c11-8-3-6(19(13,14)15)1-5-2-7(20(16,17)18)4-9(12)10(5)8;11-7-4-5(19(13,14)15)3-6-9(20(16,17)18)2-1-8(12)10(6)7;11-7-1-2-9(20(16,17)18)6-3-5(19(13,14)15)4-8(12)10(6)7;11-10-8(20(16,17)18)4-7(19(13,14)15)5-2-1-3-6(12)9(5)10;11-8-5-7(16(13,14)15)4-6-2-1-3-9(12)10(6)8;11-8-3-1-2-6-4-7(16(13,14)15)5-9(12)10(6)8;11-7-4-5-9(16(13,14)15)6-2-1-3-8(12)10(6)7/h4*1-4,12H,11H2,(H,13,14,15)(H,16,17,18);3*1-5,12H,11H2,(H,13,14,15). The molecule has 0 saturated heterocycles. The molecule has 0 spiro atoms. The summed E-state index contributed by atoms with van der Waals surface area (Å²) in [7, 11) is -50.4. The molecule has 0 saturated carbocycles. The van der Waals surface area contributed by atoms with Crippen molar-refractivity contribution in [3.05, 3.63) is 188 Å². The minimum Gasteiger partial charge on any atom is -0.507 e. The maximum atomic E-state index is 11.3. The smallest absolute Gasteiger partial charge is 0.296 e. The van der Waals surface area contributed by atoms with E-state index in [1.165, 1.54) is 60.7 Å². The molecule has 58 heteroatoms. The molecule has 0 aliphatic carbocycles. The summed E-state index contributed by atoms with van der Waals surface area (Å²) in [6.07, 6.45) is 0. The Labute approximate surface area is 721 Å². The largest absolute Gasteiger partial charge is 0.507 e. The summed E-state index contributed by atoms with van der Waals surface area (Å²) in [6, 6.07) is 35.8. The van der Waals surface area contributed by atoms with Crippen molar-refractivity contribution in [3.8, 4) is 40.2 Å². The van der Waals surface area contributed by atoms with Crippen LogP contribution in [-0.2, 0) is 111 Å². The van der Waals surface area contributed by atoms with Crippen molar-refractivity contribution in [3.63, 3.8) is 0 Å². The molecule has 0 unspecified atom stereocenters. The van der Waals surface area contributed by atoms with E-state index in [9.17, 15) is 128 Å². The Balaban J connectivity index is 0.000000185. The third-order valence-corrected chi connectivity index (χ3v) is 26.8. The predicted octanol–water partition coefficient (Wildman–Crippen LogP) is 6.61. The fourth-order valence-corrected chi connectivity index (χ4v) is 18.7. The molecule has 0 bridgehead atoms. The molecule has 0 atom stereocenters. The van der Waals surface area contributed by atoms with Gasteiger partial charge in [-0.2, -0.15) is 92.6 Å². The number of hydrogen-bond donors (Lipinski definition) is 25. The molecule has 32 N–H and O–H groups in total. The van der Waals surface area contributed by atoms with Gasteiger partial charge in [0.05, 0.1) is 35.1 Å². The van der Waals surface area contributed by atoms with Crippen LogP contribution < -0.4 is 40.1 Å². The number of fused-ring (bicyclic) bond motifs is 7. The van der Waals surface area contributed by atoms with Gasteiger partial charge in [0, 0.05) is 112 Å². The Bertz CT molecular complexity index is 8040. The molecule has 0 aliphatic rings. The van der Waals surface area contributed by atoms with Crippen molar-refractivity contribution in [1.82, 2.24) is 0 Å². The first-order chi connectivity index (χ1) is 58.3. The first kappa shape index (κ1) is 101. The van der Waals surface area contributed by atoms with Gasteiger partial charge in [-0.3, -0.25) is 50.1 Å². The van der Waals surface area contributed by atoms with Gasteiger partial charge in [0.2, 0.25) is 0 Å². The van der Waals surface area contributed by atoms with E-state index in [1.807, 2.05) is 0 Å². The summed E-state index contributed by atoms with van der Waals surface area (Å²) in [6.45, 7) is 0. The molecule has 14 rings (SSSR count). The van der Waals surface area contributed by atoms with Gasteiger partial charge in [-0.15, -0.1) is 0 Å². The Morgan fingerprint density at radius 1 is 0.172 bits per heavy atom. The highest BCUT2D eigenvalue weighted by Crippen LogP contribution is 2.43. The molecule has 0 aliphatic heterocycles. The average molecular weight is 2000 g/mol. The van der Waals surface area contributed by atoms with E-state index in [-0.39, 0.29) is 114 Å². The number of benzene rings is 14. The van der Waals surface area contributed by atoms with Crippen molar-refractivity contribution in [2.75, 3.05) is 40.1 Å². The molecule has 0 radical (unpaired) electrons. The van der Waals surface area contributed by atoms with E-state index in [0.29, 0.717) is 33.3 Å². The zero-order chi connectivity index (χ0) is 96.9. The molecule has 14 aromatic carbocycles. The van der Waals surface area contributed by atoms with E-state index in [2.05, 4.69) is 0 Å². The first-order valence-corrected chi connectivity index (χ1v) is 49.1. The van der Waals surface area contributed by atoms with Crippen LogP contribution in [0.4, 0.5) is 39.8 Å². The number of hydrogen-bond acceptors (Lipinski definition) is 36. The summed E-state index contributed by atoms with van der Waals surface area (Å²) < 4.78 is 344. The summed E-state index contributed by atoms with van der Waals surface area (Å²) in [5, 5.41) is 68.2. The van der Waals surface area contributed by atoms with E-state index in [4.69, 9.17) is 90.2 Å². The van der Waals surface area contributed by atoms with Crippen LogP contribution in [0.25, 0.3) is 75.4 Å². The van der Waals surface area contributed by atoms with Crippen molar-refractivity contribution in [1.29, 1.82) is 0 Å². The maximum absolute atomic E-state index is 11.3. The fourth-order valence-electron chi connectivity index (χ4n) is 12.0. The second kappa shape index (κ2) is 36.1. The third kappa shape index (κ3) is 23.1. The van der Waals surface area contributed by atoms with E-state index in [0.717, 1.165) is 91.0 Å². The molecule has 684 valence electrons. The number of nitrogen functional groups attached to an aromatic ring is 7. The lowest BCUT2D eigenvalue weighted by molar-refractivity contribution is 0.470. The van der Waals surface area contributed by atoms with Gasteiger partial charge in [-0.25, -0.2) is 0 Å². The van der Waals surface area contributed by atoms with Crippen molar-refractivity contribution >= 4 is 227 Å². The molecular weight excluding hydrogens is 1930 g/mol. The molecular formula is C70H63N7O40S11. The zero-order valence-electron chi connectivity index (χ0n) is 63.0. The van der Waals surface area contributed by atoms with Crippen LogP contribution in [0, 0.1) is 0 Å². The van der Waals surface area contributed by atoms with Crippen LogP contribution in [0.1, 0.15) is 0 Å². The number of rotatable bonds is 11. The van der Waals surface area contributed by atoms with Gasteiger partial charge in [0.15, 0.2) is 0 Å². The number of phenolic OH excluding ortho intramolecular Hbond substituents is 7. The highest BCUT2D eigenvalue weighted by Gasteiger charge is 2.29. The normalized spacial score (nSPS) is 12.4. The van der Waals surface area contributed by atoms with Gasteiger partial charge in [0.1, 0.15) is 64.7 Å². The Hall–Kier alpha value is -12.9. The molecule has 14 aromatic rings. The van der Waals surface area contributed by atoms with Gasteiger partial charge < -0.3 is 75.9 Å². The average Bonchev–Trinajstić information content (AvgIpc) is 0.781. The topological polar surface area (TPSA) is 922 Å². The highest BCUT2D eigenvalue weighted by molar-refractivity contribution is 7.88. The number of aromatic hydroxyl groups is 7. The SMILES string of the molecule is Nc1c(S(=O)(=O)O)cc(S(=O)(=O)O)c2cccc(O)c12.Nc1cc(S(=O)(=O)O)cc2c(S(=O)(=O)O)ccc(O)c12.Nc1cc(S(=O)(=O)O)cc2cc(S(=O)(=O)O)cc(O)c12.Nc1cc(S(=O)(=O)O)cc2cccc(O)c12.Nc1ccc(S(=O)(=O)O)c2cc(S(=O)(=O)O)cc(O)c12.Nc1ccc(S(=O)(=O)O)c2cccc(O)c12.Nc1cccc2cc(S(=O)(=O)O)cc(O)c12. The summed E-state index contributed by atoms with van der Waals surface area (Å²) in [5.41, 5.74) is 38.9. The van der Waals surface area contributed by atoms with E-state index < -0.39 is 179 Å². The molecule has 0 aromatic heterocycles. The van der Waals surface area contributed by atoms with Crippen LogP contribution in [-0.4, -0.2) is 178 Å². The maximum Gasteiger partial charge on any atom is 0.296 e. The minimum atomic E-state index is -4.84. The van der Waals surface area contributed by atoms with Gasteiger partial charge in [0.25, 0.3) is 111 Å². The third-order valence-electron chi connectivity index (χ3n) is 17.3. The van der Waals surface area contributed by atoms with Crippen LogP contribution >= 0.6 is 0 Å². The second-order valence-electron chi connectivity index (χ2n) is 25.9. The molecule has 0 amide bonds. The van der Waals surface area contributed by atoms with E-state index in [1.54, 1.807) is 30.3 Å². The van der Waals surface area contributed by atoms with Crippen LogP contribution in [0.15, 0.2) is 242 Å². The number of nitrogens with two attached hydrogens (primary N) is 7. The van der Waals surface area contributed by atoms with Crippen LogP contribution in [0.3, 0.4) is 0 Å². The first-order valence-electron chi connectivity index (χ1n) is 33.2. The highest BCUT2D eigenvalue weighted by atomic mass is 32.3. The lowest BCUT2D eigenvalue weighted by Crippen LogP contribution is -2.08. The summed E-state index contributed by atoms with van der Waals surface area (Å²) in [4.78, 5) is -6.46. The van der Waals surface area contributed by atoms with Crippen LogP contribution in [0.5, 0.6) is 40.2 Å². The Morgan fingerprint density at radius 3 is 0.789 bits per heavy atom. The molecule has 47 nitrogen and oxygen atoms in total. The van der Waals surface area contributed by atoms with Gasteiger partial charge in [-0.1, -0.05) is 48.5 Å². The monoisotopic (exact) mass is 1990 g/mol. The number of anilines is 7. The second-order valence-corrected chi connectivity index (χ2v) is 41.4. The van der Waals surface area contributed by atoms with Crippen molar-refractivity contribution < 1.29 is 178 Å². The van der Waals surface area contributed by atoms with Crippen molar-refractivity contribution in [2.45, 2.75) is 53.9 Å². The summed E-state index contributed by atoms with van der Waals surface area (Å²) >= 11 is 0.